The Hall–Kier alpha value is -1.32. The van der Waals surface area contributed by atoms with Gasteiger partial charge >= 0.3 is 5.97 Å². The standard InChI is InChI=1S/C14H22N2O2/c1-8(6-11-7-12(11)14(17)18-5)13-9(2)15-16(4)10(13)3/h8,11-12H,6-7H2,1-5H3. The fourth-order valence-electron chi connectivity index (χ4n) is 3.02. The molecule has 0 amide bonds. The summed E-state index contributed by atoms with van der Waals surface area (Å²) < 4.78 is 6.72. The molecule has 0 spiro atoms. The minimum absolute atomic E-state index is 0.0492. The summed E-state index contributed by atoms with van der Waals surface area (Å²) in [5, 5.41) is 4.45. The van der Waals surface area contributed by atoms with Crippen LogP contribution in [-0.4, -0.2) is 22.9 Å². The molecule has 1 aromatic heterocycles. The van der Waals surface area contributed by atoms with E-state index < -0.39 is 0 Å². The highest BCUT2D eigenvalue weighted by atomic mass is 16.5. The number of carbonyl (C=O) groups is 1. The van der Waals surface area contributed by atoms with Crippen molar-refractivity contribution in [1.82, 2.24) is 9.78 Å². The lowest BCUT2D eigenvalue weighted by atomic mass is 9.93. The Morgan fingerprint density at radius 3 is 2.72 bits per heavy atom. The van der Waals surface area contributed by atoms with E-state index in [0.29, 0.717) is 11.8 Å². The van der Waals surface area contributed by atoms with Gasteiger partial charge in [-0.2, -0.15) is 5.10 Å². The summed E-state index contributed by atoms with van der Waals surface area (Å²) in [7, 11) is 3.45. The molecule has 4 nitrogen and oxygen atoms in total. The number of aryl methyl sites for hydroxylation is 2. The average molecular weight is 250 g/mol. The molecule has 1 saturated carbocycles. The predicted molar refractivity (Wildman–Crippen MR) is 69.3 cm³/mol. The van der Waals surface area contributed by atoms with E-state index in [1.807, 2.05) is 11.7 Å². The average Bonchev–Trinajstić information content (AvgIpc) is 3.01. The molecule has 0 aromatic carbocycles. The maximum atomic E-state index is 11.4. The van der Waals surface area contributed by atoms with Gasteiger partial charge in [0, 0.05) is 12.7 Å². The first-order chi connectivity index (χ1) is 8.45. The minimum atomic E-state index is -0.0492. The van der Waals surface area contributed by atoms with E-state index in [0.717, 1.165) is 18.5 Å². The first kappa shape index (κ1) is 13.1. The van der Waals surface area contributed by atoms with Crippen LogP contribution in [0.4, 0.5) is 0 Å². The maximum Gasteiger partial charge on any atom is 0.308 e. The lowest BCUT2D eigenvalue weighted by molar-refractivity contribution is -0.142. The van der Waals surface area contributed by atoms with Gasteiger partial charge in [0.2, 0.25) is 0 Å². The van der Waals surface area contributed by atoms with Crippen LogP contribution in [0.3, 0.4) is 0 Å². The molecule has 0 bridgehead atoms. The lowest BCUT2D eigenvalue weighted by Crippen LogP contribution is -2.06. The smallest absolute Gasteiger partial charge is 0.308 e. The molecular weight excluding hydrogens is 228 g/mol. The van der Waals surface area contributed by atoms with Crippen molar-refractivity contribution < 1.29 is 9.53 Å². The van der Waals surface area contributed by atoms with Crippen LogP contribution in [-0.2, 0) is 16.6 Å². The second-order valence-corrected chi connectivity index (χ2v) is 5.47. The van der Waals surface area contributed by atoms with Crippen LogP contribution in [0.25, 0.3) is 0 Å². The Morgan fingerprint density at radius 2 is 2.22 bits per heavy atom. The largest absolute Gasteiger partial charge is 0.469 e. The normalized spacial score (nSPS) is 23.8. The van der Waals surface area contributed by atoms with Gasteiger partial charge in [0.15, 0.2) is 0 Å². The van der Waals surface area contributed by atoms with Gasteiger partial charge in [-0.15, -0.1) is 0 Å². The van der Waals surface area contributed by atoms with E-state index in [-0.39, 0.29) is 11.9 Å². The molecule has 1 aliphatic carbocycles. The van der Waals surface area contributed by atoms with E-state index in [1.54, 1.807) is 0 Å². The van der Waals surface area contributed by atoms with Crippen LogP contribution in [0.1, 0.15) is 42.6 Å². The molecule has 4 heteroatoms. The molecule has 1 fully saturated rings. The van der Waals surface area contributed by atoms with E-state index in [4.69, 9.17) is 4.74 Å². The number of esters is 1. The molecule has 2 rings (SSSR count). The molecule has 0 radical (unpaired) electrons. The van der Waals surface area contributed by atoms with Gasteiger partial charge in [-0.05, 0) is 44.1 Å². The highest BCUT2D eigenvalue weighted by Crippen LogP contribution is 2.46. The van der Waals surface area contributed by atoms with E-state index in [9.17, 15) is 4.79 Å². The molecule has 3 atom stereocenters. The van der Waals surface area contributed by atoms with Crippen molar-refractivity contribution in [2.45, 2.75) is 39.5 Å². The zero-order valence-corrected chi connectivity index (χ0v) is 11.9. The van der Waals surface area contributed by atoms with Crippen LogP contribution >= 0.6 is 0 Å². The summed E-state index contributed by atoms with van der Waals surface area (Å²) >= 11 is 0. The number of hydrogen-bond donors (Lipinski definition) is 0. The van der Waals surface area contributed by atoms with Crippen molar-refractivity contribution >= 4 is 5.97 Å². The second-order valence-electron chi connectivity index (χ2n) is 5.47. The number of ether oxygens (including phenoxy) is 1. The Balaban J connectivity index is 2.01. The topological polar surface area (TPSA) is 44.1 Å². The summed E-state index contributed by atoms with van der Waals surface area (Å²) in [5.74, 6) is 1.03. The molecule has 0 N–H and O–H groups in total. The quantitative estimate of drug-likeness (QED) is 0.770. The highest BCUT2D eigenvalue weighted by molar-refractivity contribution is 5.75. The van der Waals surface area contributed by atoms with Gasteiger partial charge in [0.1, 0.15) is 0 Å². The third-order valence-electron chi connectivity index (χ3n) is 4.14. The Bertz CT molecular complexity index is 465. The summed E-state index contributed by atoms with van der Waals surface area (Å²) in [6.07, 6.45) is 2.03. The summed E-state index contributed by atoms with van der Waals surface area (Å²) in [5.41, 5.74) is 3.68. The minimum Gasteiger partial charge on any atom is -0.469 e. The molecular formula is C14H22N2O2. The fraction of sp³-hybridized carbons (Fsp3) is 0.714. The van der Waals surface area contributed by atoms with Crippen molar-refractivity contribution in [2.24, 2.45) is 18.9 Å². The van der Waals surface area contributed by atoms with E-state index >= 15 is 0 Å². The van der Waals surface area contributed by atoms with Crippen LogP contribution in [0.5, 0.6) is 0 Å². The third-order valence-corrected chi connectivity index (χ3v) is 4.14. The van der Waals surface area contributed by atoms with Crippen molar-refractivity contribution in [1.29, 1.82) is 0 Å². The first-order valence-corrected chi connectivity index (χ1v) is 6.53. The lowest BCUT2D eigenvalue weighted by Gasteiger charge is -2.12. The molecule has 0 aliphatic heterocycles. The van der Waals surface area contributed by atoms with Crippen molar-refractivity contribution in [3.05, 3.63) is 17.0 Å². The first-order valence-electron chi connectivity index (χ1n) is 6.53. The second kappa shape index (κ2) is 4.75. The zero-order valence-electron chi connectivity index (χ0n) is 11.9. The zero-order chi connectivity index (χ0) is 13.4. The maximum absolute atomic E-state index is 11.4. The summed E-state index contributed by atoms with van der Waals surface area (Å²) in [6.45, 7) is 6.39. The van der Waals surface area contributed by atoms with Gasteiger partial charge < -0.3 is 4.74 Å². The van der Waals surface area contributed by atoms with Crippen molar-refractivity contribution in [3.63, 3.8) is 0 Å². The van der Waals surface area contributed by atoms with E-state index in [1.165, 1.54) is 18.4 Å². The summed E-state index contributed by atoms with van der Waals surface area (Å²) in [6, 6.07) is 0. The van der Waals surface area contributed by atoms with Crippen LogP contribution in [0.2, 0.25) is 0 Å². The van der Waals surface area contributed by atoms with Crippen LogP contribution in [0.15, 0.2) is 0 Å². The molecule has 0 saturated heterocycles. The van der Waals surface area contributed by atoms with Gasteiger partial charge in [-0.25, -0.2) is 0 Å². The Kier molecular flexibility index (Phi) is 3.46. The van der Waals surface area contributed by atoms with Gasteiger partial charge in [-0.3, -0.25) is 9.48 Å². The summed E-state index contributed by atoms with van der Waals surface area (Å²) in [4.78, 5) is 11.4. The molecule has 100 valence electrons. The van der Waals surface area contributed by atoms with Gasteiger partial charge in [0.25, 0.3) is 0 Å². The van der Waals surface area contributed by atoms with Crippen molar-refractivity contribution in [3.8, 4) is 0 Å². The van der Waals surface area contributed by atoms with Gasteiger partial charge in [-0.1, -0.05) is 6.92 Å². The Labute approximate surface area is 108 Å². The molecule has 18 heavy (non-hydrogen) atoms. The predicted octanol–water partition coefficient (Wildman–Crippen LogP) is 2.34. The number of methoxy groups -OCH3 is 1. The number of hydrogen-bond acceptors (Lipinski definition) is 3. The molecule has 1 heterocycles. The van der Waals surface area contributed by atoms with Crippen LogP contribution in [0, 0.1) is 25.7 Å². The SMILES string of the molecule is COC(=O)C1CC1CC(C)c1c(C)nn(C)c1C. The van der Waals surface area contributed by atoms with Crippen LogP contribution < -0.4 is 0 Å². The van der Waals surface area contributed by atoms with E-state index in [2.05, 4.69) is 25.9 Å². The van der Waals surface area contributed by atoms with Crippen molar-refractivity contribution in [2.75, 3.05) is 7.11 Å². The fourth-order valence-corrected chi connectivity index (χ4v) is 3.02. The van der Waals surface area contributed by atoms with Gasteiger partial charge in [0.05, 0.1) is 18.7 Å². The molecule has 1 aromatic rings. The number of carbonyl (C=O) groups excluding carboxylic acids is 1. The molecule has 3 unspecified atom stereocenters. The number of aromatic nitrogens is 2. The molecule has 1 aliphatic rings. The third kappa shape index (κ3) is 2.28. The Morgan fingerprint density at radius 1 is 1.56 bits per heavy atom. The monoisotopic (exact) mass is 250 g/mol. The number of nitrogens with zero attached hydrogens (tertiary/aromatic N) is 2. The number of rotatable bonds is 4. The highest BCUT2D eigenvalue weighted by Gasteiger charge is 2.44.